The highest BCUT2D eigenvalue weighted by Crippen LogP contribution is 2.17. The molecule has 3 rings (SSSR count). The Hall–Kier alpha value is -2.67. The van der Waals surface area contributed by atoms with Crippen molar-refractivity contribution in [1.82, 2.24) is 25.1 Å². The van der Waals surface area contributed by atoms with E-state index in [0.29, 0.717) is 19.4 Å². The molecule has 0 aliphatic carbocycles. The van der Waals surface area contributed by atoms with Crippen LogP contribution in [0.25, 0.3) is 5.69 Å². The number of hydrogen-bond donors (Lipinski definition) is 1. The molecular formula is C21H25N5OS. The standard InChI is InChI=1S/C21H25N5OS/c1-15-19(16(2)25-21(24-15)28-3)9-10-20(27)22-12-11-17-13-23-26(14-17)18-7-5-4-6-8-18/h4-8,13-14H,9-12H2,1-3H3,(H,22,27). The number of amides is 1. The smallest absolute Gasteiger partial charge is 0.220 e. The molecule has 2 heterocycles. The molecule has 0 radical (unpaired) electrons. The largest absolute Gasteiger partial charge is 0.356 e. The zero-order chi connectivity index (χ0) is 19.9. The van der Waals surface area contributed by atoms with E-state index in [1.165, 1.54) is 11.8 Å². The molecule has 3 aromatic rings. The number of nitrogens with one attached hydrogen (secondary N) is 1. The van der Waals surface area contributed by atoms with Crippen LogP contribution < -0.4 is 5.32 Å². The summed E-state index contributed by atoms with van der Waals surface area (Å²) in [5, 5.41) is 8.15. The van der Waals surface area contributed by atoms with Crippen molar-refractivity contribution in [3.05, 3.63) is 65.2 Å². The first kappa shape index (κ1) is 20.1. The highest BCUT2D eigenvalue weighted by Gasteiger charge is 2.10. The van der Waals surface area contributed by atoms with Crippen LogP contribution in [0.15, 0.2) is 47.9 Å². The Morgan fingerprint density at radius 3 is 2.50 bits per heavy atom. The number of benzene rings is 1. The Labute approximate surface area is 169 Å². The molecule has 1 amide bonds. The molecule has 1 N–H and O–H groups in total. The minimum atomic E-state index is 0.0446. The number of aromatic nitrogens is 4. The van der Waals surface area contributed by atoms with E-state index in [0.717, 1.165) is 39.8 Å². The van der Waals surface area contributed by atoms with Crippen LogP contribution in [0.5, 0.6) is 0 Å². The van der Waals surface area contributed by atoms with E-state index in [9.17, 15) is 4.79 Å². The first-order valence-electron chi connectivity index (χ1n) is 9.30. The summed E-state index contributed by atoms with van der Waals surface area (Å²) >= 11 is 1.53. The van der Waals surface area contributed by atoms with Crippen molar-refractivity contribution >= 4 is 17.7 Å². The van der Waals surface area contributed by atoms with Gasteiger partial charge in [-0.05, 0) is 56.2 Å². The number of rotatable bonds is 8. The second-order valence-electron chi connectivity index (χ2n) is 6.59. The maximum absolute atomic E-state index is 12.2. The lowest BCUT2D eigenvalue weighted by molar-refractivity contribution is -0.121. The van der Waals surface area contributed by atoms with Crippen molar-refractivity contribution in [3.63, 3.8) is 0 Å². The summed E-state index contributed by atoms with van der Waals surface area (Å²) < 4.78 is 1.85. The molecule has 0 aliphatic heterocycles. The number of hydrogen-bond acceptors (Lipinski definition) is 5. The first-order valence-corrected chi connectivity index (χ1v) is 10.5. The molecule has 0 aliphatic rings. The second kappa shape index (κ2) is 9.50. The SMILES string of the molecule is CSc1nc(C)c(CCC(=O)NCCc2cnn(-c3ccccc3)c2)c(C)n1. The van der Waals surface area contributed by atoms with Gasteiger partial charge in [0.25, 0.3) is 0 Å². The number of carbonyl (C=O) groups is 1. The van der Waals surface area contributed by atoms with Crippen molar-refractivity contribution in [2.75, 3.05) is 12.8 Å². The highest BCUT2D eigenvalue weighted by atomic mass is 32.2. The molecule has 1 aromatic carbocycles. The summed E-state index contributed by atoms with van der Waals surface area (Å²) in [6.45, 7) is 4.55. The van der Waals surface area contributed by atoms with E-state index in [-0.39, 0.29) is 5.91 Å². The fraction of sp³-hybridized carbons (Fsp3) is 0.333. The number of thioether (sulfide) groups is 1. The Morgan fingerprint density at radius 2 is 1.82 bits per heavy atom. The average Bonchev–Trinajstić information content (AvgIpc) is 3.17. The average molecular weight is 396 g/mol. The topological polar surface area (TPSA) is 72.7 Å². The van der Waals surface area contributed by atoms with Crippen LogP contribution in [0.4, 0.5) is 0 Å². The van der Waals surface area contributed by atoms with E-state index < -0.39 is 0 Å². The van der Waals surface area contributed by atoms with E-state index in [4.69, 9.17) is 0 Å². The van der Waals surface area contributed by atoms with Gasteiger partial charge in [-0.3, -0.25) is 4.79 Å². The molecule has 28 heavy (non-hydrogen) atoms. The summed E-state index contributed by atoms with van der Waals surface area (Å²) in [5.74, 6) is 0.0446. The first-order chi connectivity index (χ1) is 13.6. The van der Waals surface area contributed by atoms with Crippen LogP contribution in [0, 0.1) is 13.8 Å². The fourth-order valence-corrected chi connectivity index (χ4v) is 3.50. The summed E-state index contributed by atoms with van der Waals surface area (Å²) in [7, 11) is 0. The molecule has 0 spiro atoms. The van der Waals surface area contributed by atoms with Crippen molar-refractivity contribution in [2.24, 2.45) is 0 Å². The third-order valence-corrected chi connectivity index (χ3v) is 5.13. The maximum Gasteiger partial charge on any atom is 0.220 e. The maximum atomic E-state index is 12.2. The van der Waals surface area contributed by atoms with Crippen LogP contribution in [0.1, 0.15) is 28.9 Å². The monoisotopic (exact) mass is 395 g/mol. The lowest BCUT2D eigenvalue weighted by atomic mass is 10.1. The van der Waals surface area contributed by atoms with Crippen molar-refractivity contribution < 1.29 is 4.79 Å². The van der Waals surface area contributed by atoms with E-state index in [2.05, 4.69) is 20.4 Å². The third-order valence-electron chi connectivity index (χ3n) is 4.58. The molecule has 146 valence electrons. The Bertz CT molecular complexity index is 916. The molecule has 7 heteroatoms. The minimum absolute atomic E-state index is 0.0446. The van der Waals surface area contributed by atoms with Crippen LogP contribution >= 0.6 is 11.8 Å². The normalized spacial score (nSPS) is 10.8. The molecule has 0 bridgehead atoms. The summed E-state index contributed by atoms with van der Waals surface area (Å²) in [4.78, 5) is 21.1. The van der Waals surface area contributed by atoms with Crippen LogP contribution in [0.3, 0.4) is 0 Å². The second-order valence-corrected chi connectivity index (χ2v) is 7.36. The number of aryl methyl sites for hydroxylation is 2. The van der Waals surface area contributed by atoms with E-state index >= 15 is 0 Å². The number of nitrogens with zero attached hydrogens (tertiary/aromatic N) is 4. The van der Waals surface area contributed by atoms with Crippen LogP contribution in [0.2, 0.25) is 0 Å². The van der Waals surface area contributed by atoms with Gasteiger partial charge in [0.05, 0.1) is 11.9 Å². The van der Waals surface area contributed by atoms with E-state index in [1.807, 2.05) is 67.5 Å². The molecule has 2 aromatic heterocycles. The molecule has 0 saturated carbocycles. The van der Waals surface area contributed by atoms with Crippen molar-refractivity contribution in [3.8, 4) is 5.69 Å². The minimum Gasteiger partial charge on any atom is -0.356 e. The van der Waals surface area contributed by atoms with Gasteiger partial charge in [0.1, 0.15) is 0 Å². The zero-order valence-electron chi connectivity index (χ0n) is 16.5. The number of carbonyl (C=O) groups excluding carboxylic acids is 1. The number of para-hydroxylation sites is 1. The molecule has 0 saturated heterocycles. The predicted molar refractivity (Wildman–Crippen MR) is 112 cm³/mol. The van der Waals surface area contributed by atoms with Gasteiger partial charge >= 0.3 is 0 Å². The van der Waals surface area contributed by atoms with Gasteiger partial charge in [-0.2, -0.15) is 5.10 Å². The van der Waals surface area contributed by atoms with Crippen LogP contribution in [-0.2, 0) is 17.6 Å². The quantitative estimate of drug-likeness (QED) is 0.468. The third kappa shape index (κ3) is 5.19. The van der Waals surface area contributed by atoms with Gasteiger partial charge in [-0.1, -0.05) is 30.0 Å². The van der Waals surface area contributed by atoms with Gasteiger partial charge in [0, 0.05) is 30.6 Å². The van der Waals surface area contributed by atoms with Gasteiger partial charge in [0.15, 0.2) is 5.16 Å². The van der Waals surface area contributed by atoms with Crippen molar-refractivity contribution in [2.45, 2.75) is 38.3 Å². The Kier molecular flexibility index (Phi) is 6.81. The summed E-state index contributed by atoms with van der Waals surface area (Å²) in [6.07, 6.45) is 7.65. The molecular weight excluding hydrogens is 370 g/mol. The van der Waals surface area contributed by atoms with Crippen molar-refractivity contribution in [1.29, 1.82) is 0 Å². The van der Waals surface area contributed by atoms with Gasteiger partial charge in [-0.15, -0.1) is 0 Å². The molecule has 0 atom stereocenters. The van der Waals surface area contributed by atoms with E-state index in [1.54, 1.807) is 0 Å². The van der Waals surface area contributed by atoms with Gasteiger partial charge in [-0.25, -0.2) is 14.6 Å². The molecule has 0 unspecified atom stereocenters. The summed E-state index contributed by atoms with van der Waals surface area (Å²) in [6, 6.07) is 9.98. The lowest BCUT2D eigenvalue weighted by Gasteiger charge is -2.10. The lowest BCUT2D eigenvalue weighted by Crippen LogP contribution is -2.26. The summed E-state index contributed by atoms with van der Waals surface area (Å²) in [5.41, 5.74) is 5.10. The molecule has 6 nitrogen and oxygen atoms in total. The predicted octanol–water partition coefficient (Wildman–Crippen LogP) is 3.29. The zero-order valence-corrected chi connectivity index (χ0v) is 17.3. The highest BCUT2D eigenvalue weighted by molar-refractivity contribution is 7.98. The molecule has 0 fully saturated rings. The Balaban J connectivity index is 1.46. The fourth-order valence-electron chi connectivity index (χ4n) is 3.05. The Morgan fingerprint density at radius 1 is 1.11 bits per heavy atom. The van der Waals surface area contributed by atoms with Gasteiger partial charge in [0.2, 0.25) is 5.91 Å². The van der Waals surface area contributed by atoms with Gasteiger partial charge < -0.3 is 5.32 Å². The van der Waals surface area contributed by atoms with Crippen LogP contribution in [-0.4, -0.2) is 38.5 Å².